The van der Waals surface area contributed by atoms with Crippen molar-refractivity contribution in [2.45, 2.75) is 18.1 Å². The Balaban J connectivity index is 2.60. The summed E-state index contributed by atoms with van der Waals surface area (Å²) in [6.45, 7) is 7.85. The summed E-state index contributed by atoms with van der Waals surface area (Å²) in [5.41, 5.74) is 0. The van der Waals surface area contributed by atoms with E-state index in [-0.39, 0.29) is 0 Å². The molecule has 3 nitrogen and oxygen atoms in total. The number of likely N-dealkylation sites (N-methyl/N-ethyl adjacent to an activating group) is 1. The second-order valence-electron chi connectivity index (χ2n) is 3.61. The van der Waals surface area contributed by atoms with Crippen LogP contribution in [0.2, 0.25) is 0 Å². The van der Waals surface area contributed by atoms with Crippen LogP contribution in [0.3, 0.4) is 0 Å². The number of thiophene rings is 1. The Labute approximate surface area is 103 Å². The second-order valence-corrected chi connectivity index (χ2v) is 7.12. The molecule has 0 saturated heterocycles. The van der Waals surface area contributed by atoms with E-state index in [2.05, 4.69) is 23.1 Å². The van der Waals surface area contributed by atoms with Crippen molar-refractivity contribution < 1.29 is 4.21 Å². The highest BCUT2D eigenvalue weighted by atomic mass is 32.2. The van der Waals surface area contributed by atoms with Gasteiger partial charge in [0.05, 0.1) is 20.5 Å². The van der Waals surface area contributed by atoms with Gasteiger partial charge in [-0.3, -0.25) is 0 Å². The zero-order valence-corrected chi connectivity index (χ0v) is 11.8. The summed E-state index contributed by atoms with van der Waals surface area (Å²) in [5, 5.41) is 1.94. The minimum Gasteiger partial charge on any atom is -0.302 e. The molecular weight excluding hydrogens is 240 g/mol. The summed E-state index contributed by atoms with van der Waals surface area (Å²) >= 11 is 1.52. The van der Waals surface area contributed by atoms with Gasteiger partial charge >= 0.3 is 0 Å². The van der Waals surface area contributed by atoms with Crippen LogP contribution >= 0.6 is 11.3 Å². The van der Waals surface area contributed by atoms with Crippen molar-refractivity contribution in [1.29, 1.82) is 0 Å². The minimum absolute atomic E-state index is 0.648. The summed E-state index contributed by atoms with van der Waals surface area (Å²) in [6.07, 6.45) is 1.72. The molecule has 0 fully saturated rings. The molecule has 1 heterocycles. The molecular formula is C11H20N2OS2. The molecule has 0 spiro atoms. The van der Waals surface area contributed by atoms with E-state index in [4.69, 9.17) is 0 Å². The predicted molar refractivity (Wildman–Crippen MR) is 71.7 cm³/mol. The lowest BCUT2D eigenvalue weighted by Gasteiger charge is -2.16. The molecule has 1 aromatic rings. The number of nitrogens with zero attached hydrogens (tertiary/aromatic N) is 2. The molecule has 0 N–H and O–H groups in total. The van der Waals surface area contributed by atoms with Crippen molar-refractivity contribution in [3.63, 3.8) is 0 Å². The van der Waals surface area contributed by atoms with Crippen molar-refractivity contribution in [3.05, 3.63) is 17.5 Å². The summed E-state index contributed by atoms with van der Waals surface area (Å²) in [5.74, 6) is 0. The molecule has 0 aliphatic carbocycles. The quantitative estimate of drug-likeness (QED) is 0.787. The van der Waals surface area contributed by atoms with Crippen LogP contribution in [0, 0.1) is 0 Å². The van der Waals surface area contributed by atoms with Crippen LogP contribution in [0.4, 0.5) is 0 Å². The van der Waals surface area contributed by atoms with Crippen LogP contribution in [0.1, 0.15) is 13.8 Å². The highest BCUT2D eigenvalue weighted by molar-refractivity contribution is 7.94. The standard InChI is InChI=1S/C11H20N2OS2/c1-4-13(5-2)9-8-12-16(3,14)11-7-6-10-15-11/h6-7,10H,4-5,8-9H2,1-3H3. The number of rotatable bonds is 6. The smallest absolute Gasteiger partial charge is 0.0993 e. The van der Waals surface area contributed by atoms with Crippen LogP contribution in [0.25, 0.3) is 0 Å². The van der Waals surface area contributed by atoms with Crippen molar-refractivity contribution in [3.8, 4) is 0 Å². The Kier molecular flexibility index (Phi) is 5.44. The van der Waals surface area contributed by atoms with Gasteiger partial charge in [0.25, 0.3) is 0 Å². The molecule has 1 aromatic heterocycles. The van der Waals surface area contributed by atoms with Gasteiger partial charge in [-0.2, -0.15) is 0 Å². The molecule has 0 aliphatic heterocycles. The Morgan fingerprint density at radius 3 is 2.62 bits per heavy atom. The molecule has 0 bridgehead atoms. The molecule has 1 atom stereocenters. The van der Waals surface area contributed by atoms with Crippen LogP contribution in [-0.4, -0.2) is 41.5 Å². The first-order chi connectivity index (χ1) is 7.60. The van der Waals surface area contributed by atoms with Crippen LogP contribution < -0.4 is 0 Å². The molecule has 0 radical (unpaired) electrons. The fraction of sp³-hybridized carbons (Fsp3) is 0.636. The van der Waals surface area contributed by atoms with E-state index in [1.165, 1.54) is 11.3 Å². The first-order valence-corrected chi connectivity index (χ1v) is 8.34. The van der Waals surface area contributed by atoms with Gasteiger partial charge in [0, 0.05) is 12.8 Å². The van der Waals surface area contributed by atoms with Crippen LogP contribution in [0.15, 0.2) is 26.1 Å². The van der Waals surface area contributed by atoms with E-state index in [1.807, 2.05) is 17.5 Å². The first kappa shape index (κ1) is 13.7. The van der Waals surface area contributed by atoms with Crippen LogP contribution in [-0.2, 0) is 9.73 Å². The predicted octanol–water partition coefficient (Wildman–Crippen LogP) is 2.55. The van der Waals surface area contributed by atoms with Crippen molar-refractivity contribution in [1.82, 2.24) is 4.90 Å². The minimum atomic E-state index is -2.16. The van der Waals surface area contributed by atoms with Gasteiger partial charge in [-0.25, -0.2) is 8.57 Å². The molecule has 1 unspecified atom stereocenters. The largest absolute Gasteiger partial charge is 0.302 e. The lowest BCUT2D eigenvalue weighted by molar-refractivity contribution is 0.313. The summed E-state index contributed by atoms with van der Waals surface area (Å²) in [6, 6.07) is 3.82. The van der Waals surface area contributed by atoms with E-state index in [9.17, 15) is 4.21 Å². The SMILES string of the molecule is CCN(CC)CCN=S(C)(=O)c1cccs1. The Bertz CT molecular complexity index is 402. The van der Waals surface area contributed by atoms with E-state index < -0.39 is 9.73 Å². The molecule has 0 saturated carbocycles. The third-order valence-corrected chi connectivity index (χ3v) is 5.95. The molecule has 0 aromatic carbocycles. The number of hydrogen-bond acceptors (Lipinski definition) is 4. The second kappa shape index (κ2) is 6.37. The van der Waals surface area contributed by atoms with Gasteiger partial charge < -0.3 is 4.90 Å². The zero-order chi connectivity index (χ0) is 12.0. The van der Waals surface area contributed by atoms with E-state index in [0.29, 0.717) is 6.54 Å². The third-order valence-electron chi connectivity index (χ3n) is 2.52. The zero-order valence-electron chi connectivity index (χ0n) is 10.2. The summed E-state index contributed by atoms with van der Waals surface area (Å²) < 4.78 is 17.4. The maximum absolute atomic E-state index is 12.2. The highest BCUT2D eigenvalue weighted by Gasteiger charge is 2.06. The van der Waals surface area contributed by atoms with E-state index >= 15 is 0 Å². The van der Waals surface area contributed by atoms with Gasteiger partial charge in [0.15, 0.2) is 0 Å². The van der Waals surface area contributed by atoms with Crippen molar-refractivity contribution >= 4 is 21.1 Å². The molecule has 92 valence electrons. The molecule has 0 amide bonds. The first-order valence-electron chi connectivity index (χ1n) is 5.54. The van der Waals surface area contributed by atoms with E-state index in [0.717, 1.165) is 23.8 Å². The summed E-state index contributed by atoms with van der Waals surface area (Å²) in [7, 11) is -2.16. The van der Waals surface area contributed by atoms with Gasteiger partial charge in [-0.15, -0.1) is 11.3 Å². The Hall–Kier alpha value is -0.390. The maximum atomic E-state index is 12.2. The normalized spacial score (nSPS) is 15.0. The fourth-order valence-corrected chi connectivity index (χ4v) is 3.81. The van der Waals surface area contributed by atoms with Gasteiger partial charge in [-0.1, -0.05) is 19.9 Å². The van der Waals surface area contributed by atoms with Gasteiger partial charge in [-0.05, 0) is 24.5 Å². The number of hydrogen-bond donors (Lipinski definition) is 0. The third kappa shape index (κ3) is 3.88. The molecule has 1 rings (SSSR count). The van der Waals surface area contributed by atoms with Gasteiger partial charge in [0.1, 0.15) is 0 Å². The van der Waals surface area contributed by atoms with Crippen LogP contribution in [0.5, 0.6) is 0 Å². The summed E-state index contributed by atoms with van der Waals surface area (Å²) in [4.78, 5) is 2.29. The monoisotopic (exact) mass is 260 g/mol. The molecule has 5 heteroatoms. The molecule has 16 heavy (non-hydrogen) atoms. The van der Waals surface area contributed by atoms with E-state index in [1.54, 1.807) is 6.26 Å². The fourth-order valence-electron chi connectivity index (χ4n) is 1.44. The van der Waals surface area contributed by atoms with Crippen molar-refractivity contribution in [2.75, 3.05) is 32.4 Å². The van der Waals surface area contributed by atoms with Crippen molar-refractivity contribution in [2.24, 2.45) is 4.36 Å². The average Bonchev–Trinajstić information content (AvgIpc) is 2.78. The lowest BCUT2D eigenvalue weighted by atomic mass is 10.5. The lowest BCUT2D eigenvalue weighted by Crippen LogP contribution is -2.25. The maximum Gasteiger partial charge on any atom is 0.0993 e. The topological polar surface area (TPSA) is 32.7 Å². The Morgan fingerprint density at radius 2 is 2.12 bits per heavy atom. The Morgan fingerprint density at radius 1 is 1.44 bits per heavy atom. The van der Waals surface area contributed by atoms with Gasteiger partial charge in [0.2, 0.25) is 0 Å². The molecule has 0 aliphatic rings. The highest BCUT2D eigenvalue weighted by Crippen LogP contribution is 2.17. The average molecular weight is 260 g/mol.